The Morgan fingerprint density at radius 2 is 2.00 bits per heavy atom. The number of halogens is 2. The first-order chi connectivity index (χ1) is 9.61. The van der Waals surface area contributed by atoms with Crippen LogP contribution >= 0.6 is 15.9 Å². The van der Waals surface area contributed by atoms with E-state index in [1.807, 2.05) is 11.6 Å². The smallest absolute Gasteiger partial charge is 0.233 e. The number of nitrogens with zero attached hydrogens (tertiary/aromatic N) is 4. The van der Waals surface area contributed by atoms with Crippen LogP contribution in [0, 0.1) is 5.82 Å². The molecule has 2 aromatic heterocycles. The molecule has 0 aliphatic carbocycles. The molecule has 2 heterocycles. The highest BCUT2D eigenvalue weighted by atomic mass is 79.9. The Hall–Kier alpha value is -1.73. The lowest BCUT2D eigenvalue weighted by Crippen LogP contribution is -2.04. The fourth-order valence-electron chi connectivity index (χ4n) is 2.13. The summed E-state index contributed by atoms with van der Waals surface area (Å²) in [6, 6.07) is 6.24. The van der Waals surface area contributed by atoms with Crippen molar-refractivity contribution in [2.24, 2.45) is 12.8 Å². The molecule has 3 rings (SSSR count). The number of rotatable bonds is 3. The van der Waals surface area contributed by atoms with Crippen LogP contribution < -0.4 is 5.73 Å². The Bertz CT molecular complexity index is 759. The molecule has 7 heteroatoms. The molecule has 0 fully saturated rings. The van der Waals surface area contributed by atoms with Gasteiger partial charge in [-0.2, -0.15) is 4.52 Å². The fourth-order valence-corrected chi connectivity index (χ4v) is 2.66. The number of benzene rings is 1. The van der Waals surface area contributed by atoms with Gasteiger partial charge in [-0.1, -0.05) is 0 Å². The minimum absolute atomic E-state index is 0.265. The second kappa shape index (κ2) is 4.99. The minimum atomic E-state index is -0.265. The van der Waals surface area contributed by atoms with Gasteiger partial charge < -0.3 is 5.73 Å². The van der Waals surface area contributed by atoms with E-state index in [-0.39, 0.29) is 5.82 Å². The van der Waals surface area contributed by atoms with Gasteiger partial charge in [-0.3, -0.25) is 4.57 Å². The molecular weight excluding hydrogens is 325 g/mol. The molecule has 5 nitrogen and oxygen atoms in total. The van der Waals surface area contributed by atoms with Crippen LogP contribution in [0.1, 0.15) is 5.69 Å². The SMILES string of the molecule is Cn1c(-c2ccc(F)cc2)nn2c(Br)c(CCN)nc12. The number of hydrogen-bond acceptors (Lipinski definition) is 3. The third kappa shape index (κ3) is 2.03. The summed E-state index contributed by atoms with van der Waals surface area (Å²) in [7, 11) is 1.88. The van der Waals surface area contributed by atoms with Gasteiger partial charge in [-0.05, 0) is 46.7 Å². The van der Waals surface area contributed by atoms with E-state index >= 15 is 0 Å². The van der Waals surface area contributed by atoms with Gasteiger partial charge in [-0.15, -0.1) is 5.10 Å². The second-order valence-electron chi connectivity index (χ2n) is 4.49. The zero-order valence-corrected chi connectivity index (χ0v) is 12.4. The first-order valence-corrected chi connectivity index (χ1v) is 6.97. The van der Waals surface area contributed by atoms with Crippen LogP contribution in [0.5, 0.6) is 0 Å². The average Bonchev–Trinajstić information content (AvgIpc) is 2.91. The summed E-state index contributed by atoms with van der Waals surface area (Å²) in [4.78, 5) is 4.53. The Labute approximate surface area is 123 Å². The van der Waals surface area contributed by atoms with Gasteiger partial charge in [0.05, 0.1) is 5.69 Å². The molecule has 20 heavy (non-hydrogen) atoms. The van der Waals surface area contributed by atoms with Crippen LogP contribution in [-0.2, 0) is 13.5 Å². The number of aryl methyl sites for hydroxylation is 1. The van der Waals surface area contributed by atoms with Crippen LogP contribution in [0.25, 0.3) is 17.2 Å². The standard InChI is InChI=1S/C13H13BrFN5/c1-19-12(8-2-4-9(15)5-3-8)18-20-11(14)10(6-7-16)17-13(19)20/h2-5H,6-7,16H2,1H3. The number of hydrogen-bond donors (Lipinski definition) is 1. The molecule has 0 saturated heterocycles. The van der Waals surface area contributed by atoms with E-state index in [4.69, 9.17) is 5.73 Å². The highest BCUT2D eigenvalue weighted by molar-refractivity contribution is 9.10. The average molecular weight is 338 g/mol. The number of aromatic nitrogens is 4. The molecule has 1 aromatic carbocycles. The Kier molecular flexibility index (Phi) is 3.31. The van der Waals surface area contributed by atoms with Crippen LogP contribution in [0.3, 0.4) is 0 Å². The Morgan fingerprint density at radius 1 is 1.30 bits per heavy atom. The molecule has 0 aliphatic heterocycles. The Balaban J connectivity index is 2.14. The van der Waals surface area contributed by atoms with E-state index in [0.29, 0.717) is 13.0 Å². The summed E-state index contributed by atoms with van der Waals surface area (Å²) in [5.74, 6) is 1.19. The molecule has 104 valence electrons. The van der Waals surface area contributed by atoms with E-state index < -0.39 is 0 Å². The quantitative estimate of drug-likeness (QED) is 0.796. The van der Waals surface area contributed by atoms with Crippen molar-refractivity contribution in [1.29, 1.82) is 0 Å². The second-order valence-corrected chi connectivity index (χ2v) is 5.24. The van der Waals surface area contributed by atoms with Crippen LogP contribution in [0.2, 0.25) is 0 Å². The molecule has 0 radical (unpaired) electrons. The third-order valence-electron chi connectivity index (χ3n) is 3.14. The number of fused-ring (bicyclic) bond motifs is 1. The predicted octanol–water partition coefficient (Wildman–Crippen LogP) is 2.14. The van der Waals surface area contributed by atoms with Gasteiger partial charge in [0.25, 0.3) is 0 Å². The van der Waals surface area contributed by atoms with Crippen LogP contribution in [0.4, 0.5) is 4.39 Å². The van der Waals surface area contributed by atoms with Crippen molar-refractivity contribution >= 4 is 21.7 Å². The molecular formula is C13H13BrFN5. The lowest BCUT2D eigenvalue weighted by molar-refractivity contribution is 0.628. The summed E-state index contributed by atoms with van der Waals surface area (Å²) < 4.78 is 17.4. The lowest BCUT2D eigenvalue weighted by Gasteiger charge is -2.00. The number of nitrogens with two attached hydrogens (primary N) is 1. The lowest BCUT2D eigenvalue weighted by atomic mass is 10.2. The van der Waals surface area contributed by atoms with Gasteiger partial charge in [0.2, 0.25) is 5.78 Å². The Morgan fingerprint density at radius 3 is 2.60 bits per heavy atom. The highest BCUT2D eigenvalue weighted by Crippen LogP contribution is 2.24. The zero-order chi connectivity index (χ0) is 14.3. The molecule has 0 bridgehead atoms. The molecule has 3 aromatic rings. The third-order valence-corrected chi connectivity index (χ3v) is 3.94. The van der Waals surface area contributed by atoms with E-state index in [9.17, 15) is 4.39 Å². The summed E-state index contributed by atoms with van der Waals surface area (Å²) in [6.45, 7) is 0.535. The maximum atomic E-state index is 13.0. The van der Waals surface area contributed by atoms with Crippen molar-refractivity contribution in [3.63, 3.8) is 0 Å². The van der Waals surface area contributed by atoms with E-state index in [1.54, 1.807) is 16.6 Å². The van der Waals surface area contributed by atoms with E-state index in [0.717, 1.165) is 27.5 Å². The molecule has 0 spiro atoms. The maximum Gasteiger partial charge on any atom is 0.233 e. The summed E-state index contributed by atoms with van der Waals surface area (Å²) in [5, 5.41) is 4.52. The largest absolute Gasteiger partial charge is 0.330 e. The van der Waals surface area contributed by atoms with E-state index in [1.165, 1.54) is 12.1 Å². The summed E-state index contributed by atoms with van der Waals surface area (Å²) >= 11 is 3.49. The van der Waals surface area contributed by atoms with Crippen molar-refractivity contribution in [3.8, 4) is 11.4 Å². The molecule has 0 unspecified atom stereocenters. The monoisotopic (exact) mass is 337 g/mol. The first kappa shape index (κ1) is 13.3. The van der Waals surface area contributed by atoms with Crippen molar-refractivity contribution in [3.05, 3.63) is 40.4 Å². The highest BCUT2D eigenvalue weighted by Gasteiger charge is 2.17. The van der Waals surface area contributed by atoms with Crippen LogP contribution in [0.15, 0.2) is 28.9 Å². The van der Waals surface area contributed by atoms with Gasteiger partial charge in [-0.25, -0.2) is 9.37 Å². The normalized spacial score (nSPS) is 11.4. The van der Waals surface area contributed by atoms with Crippen molar-refractivity contribution in [1.82, 2.24) is 19.2 Å². The van der Waals surface area contributed by atoms with Gasteiger partial charge in [0, 0.05) is 19.0 Å². The molecule has 0 aliphatic rings. The summed E-state index contributed by atoms with van der Waals surface area (Å²) in [5.41, 5.74) is 7.29. The minimum Gasteiger partial charge on any atom is -0.330 e. The van der Waals surface area contributed by atoms with Gasteiger partial charge in [0.15, 0.2) is 5.82 Å². The molecule has 0 amide bonds. The molecule has 0 atom stereocenters. The predicted molar refractivity (Wildman–Crippen MR) is 77.8 cm³/mol. The fraction of sp³-hybridized carbons (Fsp3) is 0.231. The maximum absolute atomic E-state index is 13.0. The van der Waals surface area contributed by atoms with Gasteiger partial charge >= 0.3 is 0 Å². The van der Waals surface area contributed by atoms with Crippen molar-refractivity contribution in [2.45, 2.75) is 6.42 Å². The van der Waals surface area contributed by atoms with Crippen LogP contribution in [-0.4, -0.2) is 25.7 Å². The van der Waals surface area contributed by atoms with Crippen molar-refractivity contribution in [2.75, 3.05) is 6.54 Å². The van der Waals surface area contributed by atoms with Crippen molar-refractivity contribution < 1.29 is 4.39 Å². The summed E-state index contributed by atoms with van der Waals surface area (Å²) in [6.07, 6.45) is 0.690. The van der Waals surface area contributed by atoms with E-state index in [2.05, 4.69) is 26.0 Å². The molecule has 2 N–H and O–H groups in total. The zero-order valence-electron chi connectivity index (χ0n) is 10.8. The molecule has 0 saturated carbocycles. The number of imidazole rings is 1. The van der Waals surface area contributed by atoms with Gasteiger partial charge in [0.1, 0.15) is 10.4 Å². The topological polar surface area (TPSA) is 61.1 Å². The first-order valence-electron chi connectivity index (χ1n) is 6.17.